The summed E-state index contributed by atoms with van der Waals surface area (Å²) in [7, 11) is 0. The minimum absolute atomic E-state index is 0.204. The molecule has 0 saturated heterocycles. The van der Waals surface area contributed by atoms with Crippen LogP contribution in [0.15, 0.2) is 65.6 Å². The van der Waals surface area contributed by atoms with Gasteiger partial charge in [-0.3, -0.25) is 4.79 Å². The molecule has 0 saturated carbocycles. The predicted octanol–water partition coefficient (Wildman–Crippen LogP) is 5.61. The average Bonchev–Trinajstić information content (AvgIpc) is 3.12. The Kier molecular flexibility index (Phi) is 3.66. The van der Waals surface area contributed by atoms with Crippen molar-refractivity contribution >= 4 is 23.2 Å². The molecule has 24 heavy (non-hydrogen) atoms. The summed E-state index contributed by atoms with van der Waals surface area (Å²) in [5.41, 5.74) is 3.75. The zero-order valence-corrected chi connectivity index (χ0v) is 13.9. The van der Waals surface area contributed by atoms with E-state index >= 15 is 0 Å². The number of benzene rings is 2. The fourth-order valence-electron chi connectivity index (χ4n) is 3.29. The Morgan fingerprint density at radius 2 is 1.83 bits per heavy atom. The van der Waals surface area contributed by atoms with Crippen LogP contribution in [0.5, 0.6) is 0 Å². The van der Waals surface area contributed by atoms with Crippen molar-refractivity contribution in [3.8, 4) is 0 Å². The van der Waals surface area contributed by atoms with Gasteiger partial charge in [-0.15, -0.1) is 11.3 Å². The lowest BCUT2D eigenvalue weighted by Gasteiger charge is -2.13. The van der Waals surface area contributed by atoms with E-state index < -0.39 is 5.82 Å². The van der Waals surface area contributed by atoms with Crippen molar-refractivity contribution in [2.75, 3.05) is 0 Å². The molecule has 1 heterocycles. The molecule has 3 aromatic rings. The highest BCUT2D eigenvalue weighted by Gasteiger charge is 2.37. The summed E-state index contributed by atoms with van der Waals surface area (Å²) in [6.07, 6.45) is 1.93. The molecular weight excluding hydrogens is 319 g/mol. The van der Waals surface area contributed by atoms with Crippen molar-refractivity contribution in [3.05, 3.63) is 98.5 Å². The quantitative estimate of drug-likeness (QED) is 0.557. The number of thiophene rings is 1. The molecule has 3 heteroatoms. The first-order chi connectivity index (χ1) is 11.7. The number of halogens is 1. The van der Waals surface area contributed by atoms with Crippen LogP contribution in [0.25, 0.3) is 6.08 Å². The molecule has 2 aromatic carbocycles. The fourth-order valence-corrected chi connectivity index (χ4v) is 4.16. The van der Waals surface area contributed by atoms with Gasteiger partial charge >= 0.3 is 0 Å². The summed E-state index contributed by atoms with van der Waals surface area (Å²) >= 11 is 1.60. The summed E-state index contributed by atoms with van der Waals surface area (Å²) in [6.45, 7) is 2.02. The monoisotopic (exact) mass is 334 g/mol. The largest absolute Gasteiger partial charge is 0.289 e. The van der Waals surface area contributed by atoms with E-state index in [0.29, 0.717) is 5.57 Å². The highest BCUT2D eigenvalue weighted by Crippen LogP contribution is 2.44. The molecule has 1 aromatic heterocycles. The Morgan fingerprint density at radius 3 is 2.54 bits per heavy atom. The van der Waals surface area contributed by atoms with E-state index in [1.165, 1.54) is 6.07 Å². The third kappa shape index (κ3) is 2.33. The number of hydrogen-bond acceptors (Lipinski definition) is 2. The van der Waals surface area contributed by atoms with Crippen molar-refractivity contribution in [2.24, 2.45) is 0 Å². The maximum Gasteiger partial charge on any atom is 0.193 e. The Bertz CT molecular complexity index is 953. The molecule has 0 amide bonds. The molecule has 1 aliphatic carbocycles. The van der Waals surface area contributed by atoms with Gasteiger partial charge in [0.15, 0.2) is 5.78 Å². The Morgan fingerprint density at radius 1 is 1.04 bits per heavy atom. The first-order valence-electron chi connectivity index (χ1n) is 7.80. The molecule has 1 aliphatic rings. The molecule has 118 valence electrons. The second-order valence-electron chi connectivity index (χ2n) is 5.94. The molecule has 0 aliphatic heterocycles. The first-order valence-corrected chi connectivity index (χ1v) is 8.68. The van der Waals surface area contributed by atoms with Crippen molar-refractivity contribution < 1.29 is 9.18 Å². The van der Waals surface area contributed by atoms with Gasteiger partial charge in [0, 0.05) is 16.4 Å². The van der Waals surface area contributed by atoms with E-state index in [2.05, 4.69) is 0 Å². The normalized spacial score (nSPS) is 18.2. The molecule has 0 spiro atoms. The van der Waals surface area contributed by atoms with Gasteiger partial charge in [0.1, 0.15) is 5.82 Å². The molecule has 1 atom stereocenters. The van der Waals surface area contributed by atoms with Crippen LogP contribution in [0.2, 0.25) is 0 Å². The van der Waals surface area contributed by atoms with Crippen LogP contribution in [0.3, 0.4) is 0 Å². The highest BCUT2D eigenvalue weighted by atomic mass is 32.1. The molecule has 0 bridgehead atoms. The smallest absolute Gasteiger partial charge is 0.193 e. The average molecular weight is 334 g/mol. The van der Waals surface area contributed by atoms with E-state index in [4.69, 9.17) is 0 Å². The van der Waals surface area contributed by atoms with Gasteiger partial charge in [-0.2, -0.15) is 0 Å². The lowest BCUT2D eigenvalue weighted by atomic mass is 9.89. The number of fused-ring (bicyclic) bond motifs is 1. The number of hydrogen-bond donors (Lipinski definition) is 0. The van der Waals surface area contributed by atoms with Crippen LogP contribution in [0, 0.1) is 12.7 Å². The molecule has 0 fully saturated rings. The molecule has 0 unspecified atom stereocenters. The van der Waals surface area contributed by atoms with Crippen molar-refractivity contribution in [1.29, 1.82) is 0 Å². The number of carbonyl (C=O) groups is 1. The summed E-state index contributed by atoms with van der Waals surface area (Å²) in [5, 5.41) is 2.01. The standard InChI is InChI=1S/C21H15FOS/c1-13-10-11-24-18(13)12-16-19(14-6-3-2-4-7-14)15-8-5-9-17(22)20(15)21(16)23/h2-12,19H,1H3/b16-12+/t19-/m0/s1. The van der Waals surface area contributed by atoms with E-state index in [9.17, 15) is 9.18 Å². The fraction of sp³-hybridized carbons (Fsp3) is 0.0952. The SMILES string of the molecule is Cc1ccsc1/C=C1/C(=O)c2c(F)cccc2[C@@H]1c1ccccc1. The van der Waals surface area contributed by atoms with E-state index in [1.807, 2.05) is 60.8 Å². The van der Waals surface area contributed by atoms with Crippen LogP contribution >= 0.6 is 11.3 Å². The van der Waals surface area contributed by atoms with Crippen LogP contribution < -0.4 is 0 Å². The molecule has 1 nitrogen and oxygen atoms in total. The topological polar surface area (TPSA) is 17.1 Å². The Hall–Kier alpha value is -2.52. The number of ketones is 1. The van der Waals surface area contributed by atoms with Gasteiger partial charge < -0.3 is 0 Å². The lowest BCUT2D eigenvalue weighted by molar-refractivity contribution is 0.103. The van der Waals surface area contributed by atoms with Crippen LogP contribution in [-0.2, 0) is 0 Å². The van der Waals surface area contributed by atoms with E-state index in [0.717, 1.165) is 21.6 Å². The van der Waals surface area contributed by atoms with Gasteiger partial charge in [0.25, 0.3) is 0 Å². The lowest BCUT2D eigenvalue weighted by Crippen LogP contribution is -2.02. The Balaban J connectivity index is 1.96. The highest BCUT2D eigenvalue weighted by molar-refractivity contribution is 7.11. The van der Waals surface area contributed by atoms with Crippen molar-refractivity contribution in [2.45, 2.75) is 12.8 Å². The number of rotatable bonds is 2. The maximum absolute atomic E-state index is 14.3. The first kappa shape index (κ1) is 15.0. The van der Waals surface area contributed by atoms with Crippen molar-refractivity contribution in [1.82, 2.24) is 0 Å². The van der Waals surface area contributed by atoms with Gasteiger partial charge in [0.05, 0.1) is 5.56 Å². The number of carbonyl (C=O) groups excluding carboxylic acids is 1. The third-order valence-electron chi connectivity index (χ3n) is 4.48. The summed E-state index contributed by atoms with van der Waals surface area (Å²) in [6, 6.07) is 16.8. The zero-order chi connectivity index (χ0) is 16.7. The van der Waals surface area contributed by atoms with Crippen LogP contribution in [-0.4, -0.2) is 5.78 Å². The van der Waals surface area contributed by atoms with Gasteiger partial charge in [0.2, 0.25) is 0 Å². The van der Waals surface area contributed by atoms with E-state index in [1.54, 1.807) is 17.4 Å². The molecule has 4 rings (SSSR count). The third-order valence-corrected chi connectivity index (χ3v) is 5.44. The van der Waals surface area contributed by atoms with Gasteiger partial charge in [-0.25, -0.2) is 4.39 Å². The van der Waals surface area contributed by atoms with Crippen LogP contribution in [0.1, 0.15) is 37.8 Å². The number of Topliss-reactive ketones (excluding diaryl/α,β-unsaturated/α-hetero) is 1. The second-order valence-corrected chi connectivity index (χ2v) is 6.89. The summed E-state index contributed by atoms with van der Waals surface area (Å²) in [4.78, 5) is 14.0. The summed E-state index contributed by atoms with van der Waals surface area (Å²) < 4.78 is 14.3. The molecular formula is C21H15FOS. The second kappa shape index (κ2) is 5.84. The van der Waals surface area contributed by atoms with E-state index in [-0.39, 0.29) is 17.3 Å². The Labute approximate surface area is 144 Å². The number of aryl methyl sites for hydroxylation is 1. The van der Waals surface area contributed by atoms with Gasteiger partial charge in [-0.05, 0) is 47.2 Å². The minimum atomic E-state index is -0.440. The van der Waals surface area contributed by atoms with Crippen LogP contribution in [0.4, 0.5) is 4.39 Å². The minimum Gasteiger partial charge on any atom is -0.289 e. The predicted molar refractivity (Wildman–Crippen MR) is 96.0 cm³/mol. The van der Waals surface area contributed by atoms with Gasteiger partial charge in [-0.1, -0.05) is 42.5 Å². The molecule has 0 N–H and O–H groups in total. The zero-order valence-electron chi connectivity index (χ0n) is 13.1. The number of allylic oxidation sites excluding steroid dienone is 1. The maximum atomic E-state index is 14.3. The van der Waals surface area contributed by atoms with Crippen molar-refractivity contribution in [3.63, 3.8) is 0 Å². The summed E-state index contributed by atoms with van der Waals surface area (Å²) in [5.74, 6) is -0.861. The molecule has 0 radical (unpaired) electrons.